The zero-order valence-corrected chi connectivity index (χ0v) is 17.1. The lowest BCUT2D eigenvalue weighted by atomic mass is 10.2. The molecule has 2 aromatic carbocycles. The van der Waals surface area contributed by atoms with Crippen molar-refractivity contribution in [2.75, 3.05) is 10.6 Å². The van der Waals surface area contributed by atoms with Gasteiger partial charge < -0.3 is 10.6 Å². The number of urea groups is 1. The maximum absolute atomic E-state index is 12.4. The highest BCUT2D eigenvalue weighted by molar-refractivity contribution is 6.00. The maximum atomic E-state index is 12.4. The Bertz CT molecular complexity index is 1140. The van der Waals surface area contributed by atoms with Crippen molar-refractivity contribution in [3.63, 3.8) is 0 Å². The summed E-state index contributed by atoms with van der Waals surface area (Å²) in [6.45, 7) is 0. The first-order chi connectivity index (χ1) is 15.7. The number of aliphatic imine (C=N–C) groups is 2. The number of carbonyl (C=O) groups excluding carboxylic acids is 1. The van der Waals surface area contributed by atoms with E-state index >= 15 is 0 Å². The summed E-state index contributed by atoms with van der Waals surface area (Å²) in [4.78, 5) is 29.7. The van der Waals surface area contributed by atoms with Gasteiger partial charge in [-0.2, -0.15) is 0 Å². The summed E-state index contributed by atoms with van der Waals surface area (Å²) in [6.07, 6.45) is 6.78. The third-order valence-corrected chi connectivity index (χ3v) is 4.28. The van der Waals surface area contributed by atoms with E-state index in [4.69, 9.17) is 0 Å². The van der Waals surface area contributed by atoms with Crippen LogP contribution in [0.1, 0.15) is 11.4 Å². The van der Waals surface area contributed by atoms with E-state index < -0.39 is 0 Å². The summed E-state index contributed by atoms with van der Waals surface area (Å²) in [6, 6.07) is 25.4. The van der Waals surface area contributed by atoms with Crippen LogP contribution in [0.2, 0.25) is 0 Å². The number of pyridine rings is 2. The van der Waals surface area contributed by atoms with E-state index in [9.17, 15) is 4.79 Å². The molecule has 0 saturated carbocycles. The van der Waals surface area contributed by atoms with Crippen LogP contribution in [0.15, 0.2) is 107 Å². The molecule has 0 fully saturated rings. The van der Waals surface area contributed by atoms with E-state index in [0.29, 0.717) is 22.7 Å². The lowest BCUT2D eigenvalue weighted by molar-refractivity contribution is 0.262. The predicted octanol–water partition coefficient (Wildman–Crippen LogP) is 5.62. The molecule has 2 N–H and O–H groups in total. The first-order valence-corrected chi connectivity index (χ1v) is 9.93. The molecule has 0 spiro atoms. The van der Waals surface area contributed by atoms with Crippen LogP contribution in [0.3, 0.4) is 0 Å². The molecule has 0 aliphatic carbocycles. The number of hydrogen-bond donors (Lipinski definition) is 2. The van der Waals surface area contributed by atoms with Crippen LogP contribution in [0.4, 0.5) is 27.5 Å². The quantitative estimate of drug-likeness (QED) is 0.397. The number of rotatable bonds is 6. The average Bonchev–Trinajstić information content (AvgIpc) is 2.83. The molecule has 32 heavy (non-hydrogen) atoms. The Morgan fingerprint density at radius 3 is 1.59 bits per heavy atom. The second kappa shape index (κ2) is 10.4. The van der Waals surface area contributed by atoms with Gasteiger partial charge in [0.15, 0.2) is 0 Å². The van der Waals surface area contributed by atoms with Crippen molar-refractivity contribution in [2.24, 2.45) is 9.98 Å². The van der Waals surface area contributed by atoms with E-state index in [1.54, 1.807) is 49.1 Å². The summed E-state index contributed by atoms with van der Waals surface area (Å²) in [5.41, 5.74) is 4.19. The van der Waals surface area contributed by atoms with Crippen LogP contribution in [0.25, 0.3) is 0 Å². The van der Waals surface area contributed by atoms with Crippen molar-refractivity contribution in [3.05, 3.63) is 109 Å². The van der Waals surface area contributed by atoms with Gasteiger partial charge >= 0.3 is 6.03 Å². The SMILES string of the molecule is O=C(Nc1cccc(N=Cc2ccccn2)c1)Nc1cccc(N=Cc2ccccn2)c1. The van der Waals surface area contributed by atoms with E-state index in [-0.39, 0.29) is 6.03 Å². The van der Waals surface area contributed by atoms with Gasteiger partial charge in [-0.1, -0.05) is 24.3 Å². The van der Waals surface area contributed by atoms with Crippen LogP contribution < -0.4 is 10.6 Å². The molecule has 0 radical (unpaired) electrons. The highest BCUT2D eigenvalue weighted by Crippen LogP contribution is 2.20. The zero-order valence-electron chi connectivity index (χ0n) is 17.1. The predicted molar refractivity (Wildman–Crippen MR) is 129 cm³/mol. The van der Waals surface area contributed by atoms with Gasteiger partial charge in [-0.15, -0.1) is 0 Å². The molecule has 156 valence electrons. The van der Waals surface area contributed by atoms with Crippen molar-refractivity contribution in [1.29, 1.82) is 0 Å². The summed E-state index contributed by atoms with van der Waals surface area (Å²) in [5.74, 6) is 0. The normalized spacial score (nSPS) is 11.0. The monoisotopic (exact) mass is 420 g/mol. The lowest BCUT2D eigenvalue weighted by Crippen LogP contribution is -2.19. The van der Waals surface area contributed by atoms with Gasteiger partial charge in [0.25, 0.3) is 0 Å². The highest BCUT2D eigenvalue weighted by Gasteiger charge is 2.04. The molecule has 2 amide bonds. The molecule has 4 aromatic rings. The molecule has 0 saturated heterocycles. The fourth-order valence-electron chi connectivity index (χ4n) is 2.81. The second-order valence-corrected chi connectivity index (χ2v) is 6.71. The highest BCUT2D eigenvalue weighted by atomic mass is 16.2. The summed E-state index contributed by atoms with van der Waals surface area (Å²) >= 11 is 0. The van der Waals surface area contributed by atoms with E-state index in [1.807, 2.05) is 60.7 Å². The Hall–Kier alpha value is -4.65. The third kappa shape index (κ3) is 6.17. The molecular weight excluding hydrogens is 400 g/mol. The molecular formula is C25H20N6O. The Balaban J connectivity index is 1.38. The fraction of sp³-hybridized carbons (Fsp3) is 0. The molecule has 0 bridgehead atoms. The molecule has 4 rings (SSSR count). The van der Waals surface area contributed by atoms with E-state index in [0.717, 1.165) is 11.4 Å². The van der Waals surface area contributed by atoms with Crippen molar-refractivity contribution < 1.29 is 4.79 Å². The van der Waals surface area contributed by atoms with Crippen LogP contribution in [0.5, 0.6) is 0 Å². The van der Waals surface area contributed by atoms with Gasteiger partial charge in [-0.25, -0.2) is 4.79 Å². The molecule has 2 aromatic heterocycles. The number of hydrogen-bond acceptors (Lipinski definition) is 5. The van der Waals surface area contributed by atoms with Crippen LogP contribution in [0, 0.1) is 0 Å². The van der Waals surface area contributed by atoms with Crippen molar-refractivity contribution in [3.8, 4) is 0 Å². The largest absolute Gasteiger partial charge is 0.323 e. The number of amides is 2. The molecule has 0 unspecified atom stereocenters. The van der Waals surface area contributed by atoms with Crippen molar-refractivity contribution in [2.45, 2.75) is 0 Å². The number of nitrogens with zero attached hydrogens (tertiary/aromatic N) is 4. The average molecular weight is 420 g/mol. The standard InChI is InChI=1S/C25H20N6O/c32-25(30-21-11-5-9-19(15-21)28-17-23-7-1-3-13-26-23)31-22-12-6-10-20(16-22)29-18-24-8-2-4-14-27-24/h1-18H,(H2,30,31,32). The minimum atomic E-state index is -0.360. The van der Waals surface area contributed by atoms with Gasteiger partial charge in [0.1, 0.15) is 0 Å². The lowest BCUT2D eigenvalue weighted by Gasteiger charge is -2.08. The maximum Gasteiger partial charge on any atom is 0.323 e. The Morgan fingerprint density at radius 1 is 0.656 bits per heavy atom. The number of carbonyl (C=O) groups is 1. The van der Waals surface area contributed by atoms with Gasteiger partial charge in [0, 0.05) is 23.8 Å². The smallest absolute Gasteiger partial charge is 0.308 e. The van der Waals surface area contributed by atoms with E-state index in [2.05, 4.69) is 30.6 Å². The number of benzene rings is 2. The first kappa shape index (κ1) is 20.6. The van der Waals surface area contributed by atoms with Gasteiger partial charge in [0.05, 0.1) is 35.2 Å². The number of anilines is 2. The molecule has 0 atom stereocenters. The van der Waals surface area contributed by atoms with Crippen molar-refractivity contribution >= 4 is 41.2 Å². The molecule has 0 aliphatic heterocycles. The summed E-state index contributed by atoms with van der Waals surface area (Å²) in [5, 5.41) is 5.64. The minimum Gasteiger partial charge on any atom is -0.308 e. The molecule has 7 nitrogen and oxygen atoms in total. The fourth-order valence-corrected chi connectivity index (χ4v) is 2.81. The van der Waals surface area contributed by atoms with Gasteiger partial charge in [0.2, 0.25) is 0 Å². The zero-order chi connectivity index (χ0) is 22.0. The molecule has 7 heteroatoms. The van der Waals surface area contributed by atoms with Gasteiger partial charge in [-0.05, 0) is 60.7 Å². The molecule has 0 aliphatic rings. The van der Waals surface area contributed by atoms with Crippen LogP contribution >= 0.6 is 0 Å². The first-order valence-electron chi connectivity index (χ1n) is 9.93. The van der Waals surface area contributed by atoms with Crippen molar-refractivity contribution in [1.82, 2.24) is 9.97 Å². The third-order valence-electron chi connectivity index (χ3n) is 4.28. The summed E-state index contributed by atoms with van der Waals surface area (Å²) in [7, 11) is 0. The van der Waals surface area contributed by atoms with Crippen LogP contribution in [-0.2, 0) is 0 Å². The van der Waals surface area contributed by atoms with Crippen LogP contribution in [-0.4, -0.2) is 28.4 Å². The van der Waals surface area contributed by atoms with E-state index in [1.165, 1.54) is 0 Å². The number of aromatic nitrogens is 2. The summed E-state index contributed by atoms with van der Waals surface area (Å²) < 4.78 is 0. The van der Waals surface area contributed by atoms with Gasteiger partial charge in [-0.3, -0.25) is 20.0 Å². The Kier molecular flexibility index (Phi) is 6.70. The Morgan fingerprint density at radius 2 is 1.16 bits per heavy atom. The minimum absolute atomic E-state index is 0.360. The molecule has 2 heterocycles. The second-order valence-electron chi connectivity index (χ2n) is 6.71. The topological polar surface area (TPSA) is 91.6 Å². The Labute approximate surface area is 185 Å². The number of nitrogens with one attached hydrogen (secondary N) is 2.